The molecule has 0 aliphatic carbocycles. The van der Waals surface area contributed by atoms with Crippen molar-refractivity contribution in [1.29, 1.82) is 0 Å². The van der Waals surface area contributed by atoms with E-state index in [-0.39, 0.29) is 0 Å². The first-order valence-electron chi connectivity index (χ1n) is 7.00. The molecule has 0 aliphatic rings. The van der Waals surface area contributed by atoms with Crippen molar-refractivity contribution in [3.63, 3.8) is 0 Å². The van der Waals surface area contributed by atoms with Gasteiger partial charge >= 0.3 is 0 Å². The monoisotopic (exact) mass is 383 g/mol. The van der Waals surface area contributed by atoms with Crippen molar-refractivity contribution in [2.75, 3.05) is 7.05 Å². The predicted molar refractivity (Wildman–Crippen MR) is 95.5 cm³/mol. The largest absolute Gasteiger partial charge is 0.312 e. The molecule has 0 fully saturated rings. The van der Waals surface area contributed by atoms with Crippen LogP contribution >= 0.6 is 38.6 Å². The number of halogens is 1. The van der Waals surface area contributed by atoms with Crippen molar-refractivity contribution in [1.82, 2.24) is 15.1 Å². The smallest absolute Gasteiger partial charge is 0.0738 e. The normalized spacial score (nSPS) is 13.1. The summed E-state index contributed by atoms with van der Waals surface area (Å²) in [6.45, 7) is 5.09. The molecule has 3 rings (SSSR count). The van der Waals surface area contributed by atoms with Crippen LogP contribution in [-0.2, 0) is 13.0 Å². The van der Waals surface area contributed by atoms with Crippen LogP contribution in [0, 0.1) is 6.92 Å². The summed E-state index contributed by atoms with van der Waals surface area (Å²) in [5.41, 5.74) is 2.33. The van der Waals surface area contributed by atoms with Crippen LogP contribution < -0.4 is 5.32 Å². The van der Waals surface area contributed by atoms with E-state index in [1.54, 1.807) is 0 Å². The van der Waals surface area contributed by atoms with Gasteiger partial charge in [0, 0.05) is 33.3 Å². The summed E-state index contributed by atoms with van der Waals surface area (Å²) >= 11 is 7.39. The van der Waals surface area contributed by atoms with E-state index in [9.17, 15) is 0 Å². The lowest BCUT2D eigenvalue weighted by atomic mass is 10.1. The molecule has 0 saturated carbocycles. The van der Waals surface area contributed by atoms with Crippen LogP contribution in [0.1, 0.15) is 29.2 Å². The van der Waals surface area contributed by atoms with E-state index in [4.69, 9.17) is 0 Å². The van der Waals surface area contributed by atoms with Crippen LogP contribution in [-0.4, -0.2) is 16.8 Å². The molecule has 21 heavy (non-hydrogen) atoms. The second-order valence-corrected chi connectivity index (χ2v) is 7.86. The Morgan fingerprint density at radius 1 is 1.43 bits per heavy atom. The Morgan fingerprint density at radius 3 is 2.90 bits per heavy atom. The first-order chi connectivity index (χ1) is 10.1. The van der Waals surface area contributed by atoms with Crippen LogP contribution in [0.15, 0.2) is 22.0 Å². The summed E-state index contributed by atoms with van der Waals surface area (Å²) in [6, 6.07) is 4.85. The minimum absolute atomic E-state index is 0.326. The van der Waals surface area contributed by atoms with Gasteiger partial charge in [-0.25, -0.2) is 0 Å². The number of rotatable bonds is 5. The van der Waals surface area contributed by atoms with E-state index >= 15 is 0 Å². The van der Waals surface area contributed by atoms with Crippen LogP contribution in [0.3, 0.4) is 0 Å². The van der Waals surface area contributed by atoms with E-state index in [1.807, 2.05) is 29.7 Å². The van der Waals surface area contributed by atoms with Gasteiger partial charge in [-0.1, -0.05) is 0 Å². The average Bonchev–Trinajstić information content (AvgIpc) is 3.12. The topological polar surface area (TPSA) is 29.9 Å². The summed E-state index contributed by atoms with van der Waals surface area (Å²) in [5.74, 6) is 0. The van der Waals surface area contributed by atoms with Gasteiger partial charge in [0.05, 0.1) is 15.9 Å². The van der Waals surface area contributed by atoms with E-state index in [0.717, 1.165) is 23.1 Å². The molecule has 112 valence electrons. The number of hydrogen-bond donors (Lipinski definition) is 1. The summed E-state index contributed by atoms with van der Waals surface area (Å²) < 4.78 is 6.01. The van der Waals surface area contributed by atoms with Gasteiger partial charge in [-0.3, -0.25) is 4.68 Å². The molecule has 6 heteroatoms. The van der Waals surface area contributed by atoms with E-state index in [0.29, 0.717) is 6.04 Å². The molecule has 3 nitrogen and oxygen atoms in total. The number of nitrogens with zero attached hydrogens (tertiary/aromatic N) is 2. The zero-order valence-corrected chi connectivity index (χ0v) is 15.5. The van der Waals surface area contributed by atoms with E-state index in [2.05, 4.69) is 62.4 Å². The molecule has 0 spiro atoms. The molecule has 0 aromatic carbocycles. The highest BCUT2D eigenvalue weighted by molar-refractivity contribution is 9.10. The summed E-state index contributed by atoms with van der Waals surface area (Å²) in [5, 5.41) is 10.2. The van der Waals surface area contributed by atoms with Gasteiger partial charge in [0.15, 0.2) is 0 Å². The van der Waals surface area contributed by atoms with Gasteiger partial charge in [0.25, 0.3) is 0 Å². The van der Waals surface area contributed by atoms with Gasteiger partial charge in [-0.2, -0.15) is 5.10 Å². The molecule has 3 aromatic rings. The second-order valence-electron chi connectivity index (χ2n) is 5.01. The van der Waals surface area contributed by atoms with Gasteiger partial charge < -0.3 is 5.32 Å². The van der Waals surface area contributed by atoms with Crippen LogP contribution in [0.5, 0.6) is 0 Å². The summed E-state index contributed by atoms with van der Waals surface area (Å²) in [6.07, 6.45) is 0.944. The lowest BCUT2D eigenvalue weighted by Gasteiger charge is -2.15. The Morgan fingerprint density at radius 2 is 2.24 bits per heavy atom. The Kier molecular flexibility index (Phi) is 4.49. The van der Waals surface area contributed by atoms with Crippen LogP contribution in [0.4, 0.5) is 0 Å². The summed E-state index contributed by atoms with van der Waals surface area (Å²) in [4.78, 5) is 1.40. The average molecular weight is 384 g/mol. The number of hydrogen-bond acceptors (Lipinski definition) is 4. The highest BCUT2D eigenvalue weighted by Gasteiger charge is 2.19. The number of thiophene rings is 2. The fourth-order valence-electron chi connectivity index (χ4n) is 2.56. The SMILES string of the molecule is CCn1nc(C)c(Br)c1CC(NC)c1cc2sccc2s1. The minimum atomic E-state index is 0.326. The van der Waals surface area contributed by atoms with Crippen LogP contribution in [0.25, 0.3) is 9.40 Å². The van der Waals surface area contributed by atoms with Crippen molar-refractivity contribution in [3.05, 3.63) is 38.3 Å². The third-order valence-electron chi connectivity index (χ3n) is 3.70. The van der Waals surface area contributed by atoms with Crippen LogP contribution in [0.2, 0.25) is 0 Å². The third-order valence-corrected chi connectivity index (χ3v) is 6.94. The Bertz CT molecular complexity index is 728. The minimum Gasteiger partial charge on any atom is -0.312 e. The molecule has 0 radical (unpaired) electrons. The summed E-state index contributed by atoms with van der Waals surface area (Å²) in [7, 11) is 2.03. The molecular weight excluding hydrogens is 366 g/mol. The highest BCUT2D eigenvalue weighted by atomic mass is 79.9. The van der Waals surface area contributed by atoms with Gasteiger partial charge in [0.1, 0.15) is 0 Å². The van der Waals surface area contributed by atoms with Gasteiger partial charge in [-0.15, -0.1) is 22.7 Å². The fourth-order valence-corrected chi connectivity index (χ4v) is 5.23. The number of nitrogens with one attached hydrogen (secondary N) is 1. The second kappa shape index (κ2) is 6.20. The molecule has 1 N–H and O–H groups in total. The number of aryl methyl sites for hydroxylation is 2. The maximum Gasteiger partial charge on any atom is 0.0738 e. The Balaban J connectivity index is 1.92. The zero-order valence-electron chi connectivity index (χ0n) is 12.3. The van der Waals surface area contributed by atoms with Crippen molar-refractivity contribution in [3.8, 4) is 0 Å². The zero-order chi connectivity index (χ0) is 15.0. The molecule has 0 aliphatic heterocycles. The maximum atomic E-state index is 4.59. The van der Waals surface area contributed by atoms with Gasteiger partial charge in [0.2, 0.25) is 0 Å². The Hall–Kier alpha value is -0.690. The molecule has 0 saturated heterocycles. The molecule has 3 heterocycles. The molecule has 1 unspecified atom stereocenters. The van der Waals surface area contributed by atoms with E-state index in [1.165, 1.54) is 20.0 Å². The maximum absolute atomic E-state index is 4.59. The molecule has 0 bridgehead atoms. The molecule has 0 amide bonds. The molecular formula is C15H18BrN3S2. The lowest BCUT2D eigenvalue weighted by Crippen LogP contribution is -2.19. The number of likely N-dealkylation sites (N-methyl/N-ethyl adjacent to an activating group) is 1. The first-order valence-corrected chi connectivity index (χ1v) is 9.49. The Labute approximate surface area is 141 Å². The lowest BCUT2D eigenvalue weighted by molar-refractivity contribution is 0.545. The van der Waals surface area contributed by atoms with E-state index < -0.39 is 0 Å². The number of aromatic nitrogens is 2. The van der Waals surface area contributed by atoms with Crippen molar-refractivity contribution in [2.24, 2.45) is 0 Å². The van der Waals surface area contributed by atoms with Crippen molar-refractivity contribution < 1.29 is 0 Å². The third kappa shape index (κ3) is 2.82. The van der Waals surface area contributed by atoms with Gasteiger partial charge in [-0.05, 0) is 54.3 Å². The van der Waals surface area contributed by atoms with Crippen molar-refractivity contribution in [2.45, 2.75) is 32.9 Å². The highest BCUT2D eigenvalue weighted by Crippen LogP contribution is 2.35. The predicted octanol–water partition coefficient (Wildman–Crippen LogP) is 4.75. The molecule has 1 atom stereocenters. The van der Waals surface area contributed by atoms with Crippen molar-refractivity contribution >= 4 is 48.0 Å². The number of fused-ring (bicyclic) bond motifs is 1. The first kappa shape index (κ1) is 15.2. The standard InChI is InChI=1S/C15H18BrN3S2/c1-4-19-11(15(16)9(2)18-19)7-10(17-3)13-8-14-12(21-13)5-6-20-14/h5-6,8,10,17H,4,7H2,1-3H3. The quantitative estimate of drug-likeness (QED) is 0.688. The fraction of sp³-hybridized carbons (Fsp3) is 0.400. The molecule has 3 aromatic heterocycles.